The smallest absolute Gasteiger partial charge is 0.322 e. The summed E-state index contributed by atoms with van der Waals surface area (Å²) in [5.41, 5.74) is 1.61. The van der Waals surface area contributed by atoms with Gasteiger partial charge in [0.1, 0.15) is 43.0 Å². The average Bonchev–Trinajstić information content (AvgIpc) is 2.95. The third kappa shape index (κ3) is 6.61. The lowest BCUT2D eigenvalue weighted by molar-refractivity contribution is -0.147. The lowest BCUT2D eigenvalue weighted by Gasteiger charge is -2.40. The van der Waals surface area contributed by atoms with E-state index in [2.05, 4.69) is 9.97 Å². The zero-order valence-electron chi connectivity index (χ0n) is 21.5. The summed E-state index contributed by atoms with van der Waals surface area (Å²) in [6.45, 7) is 1.77. The normalized spacial score (nSPS) is 18.2. The molecular formula is C29H32N4O6. The Bertz CT molecular complexity index is 1410. The second-order valence-corrected chi connectivity index (χ2v) is 9.69. The lowest BCUT2D eigenvalue weighted by atomic mass is 10.1. The van der Waals surface area contributed by atoms with Crippen LogP contribution in [0.2, 0.25) is 0 Å². The quantitative estimate of drug-likeness (QED) is 0.264. The summed E-state index contributed by atoms with van der Waals surface area (Å²) in [7, 11) is 0. The highest BCUT2D eigenvalue weighted by Gasteiger charge is 2.34. The maximum Gasteiger partial charge on any atom is 0.322 e. The summed E-state index contributed by atoms with van der Waals surface area (Å²) in [5.74, 6) is 0.293. The van der Waals surface area contributed by atoms with Crippen LogP contribution in [0.25, 0.3) is 21.8 Å². The zero-order chi connectivity index (χ0) is 27.2. The standard InChI is InChI=1S/C29H32N4O6/c34-20(18-38-27-9-1-7-24-22(27)5-3-11-30-24)15-32-13-14-33(26(17-32)29(36)37)16-21(35)19-39-28-10-2-8-25-23(28)6-4-12-31-25/h1-12,20-21,26,34-35H,13-19H2,(H,36,37)/t20-,21-,26?/m1/s1. The van der Waals surface area contributed by atoms with Crippen molar-refractivity contribution in [3.05, 3.63) is 73.1 Å². The highest BCUT2D eigenvalue weighted by atomic mass is 16.5. The number of nitrogens with zero attached hydrogens (tertiary/aromatic N) is 4. The van der Waals surface area contributed by atoms with Gasteiger partial charge in [-0.15, -0.1) is 0 Å². The van der Waals surface area contributed by atoms with Crippen LogP contribution < -0.4 is 9.47 Å². The SMILES string of the molecule is O=C(O)C1CN(C[C@@H](O)COc2cccc3ncccc23)CCN1C[C@@H](O)COc1cccc2ncccc12. The van der Waals surface area contributed by atoms with Crippen LogP contribution in [0.1, 0.15) is 0 Å². The molecule has 0 radical (unpaired) electrons. The Morgan fingerprint density at radius 1 is 0.821 bits per heavy atom. The van der Waals surface area contributed by atoms with E-state index in [9.17, 15) is 20.1 Å². The van der Waals surface area contributed by atoms with Crippen LogP contribution in [0.15, 0.2) is 73.1 Å². The molecule has 2 aromatic carbocycles. The molecule has 0 amide bonds. The van der Waals surface area contributed by atoms with Gasteiger partial charge >= 0.3 is 5.97 Å². The van der Waals surface area contributed by atoms with E-state index in [1.54, 1.807) is 17.3 Å². The topological polar surface area (TPSA) is 128 Å². The molecule has 204 valence electrons. The summed E-state index contributed by atoms with van der Waals surface area (Å²) in [6.07, 6.45) is 1.75. The minimum Gasteiger partial charge on any atom is -0.490 e. The van der Waals surface area contributed by atoms with E-state index in [1.165, 1.54) is 0 Å². The Labute approximate surface area is 226 Å². The summed E-state index contributed by atoms with van der Waals surface area (Å²) < 4.78 is 11.7. The maximum atomic E-state index is 12.1. The van der Waals surface area contributed by atoms with E-state index in [0.717, 1.165) is 21.8 Å². The van der Waals surface area contributed by atoms with Gasteiger partial charge in [-0.2, -0.15) is 0 Å². The molecule has 3 heterocycles. The number of carboxylic acid groups (broad SMARTS) is 1. The van der Waals surface area contributed by atoms with Crippen molar-refractivity contribution in [3.63, 3.8) is 0 Å². The number of carbonyl (C=O) groups is 1. The number of aliphatic hydroxyl groups excluding tert-OH is 2. The van der Waals surface area contributed by atoms with Crippen molar-refractivity contribution in [2.45, 2.75) is 18.2 Å². The first-order chi connectivity index (χ1) is 19.0. The number of rotatable bonds is 11. The van der Waals surface area contributed by atoms with E-state index in [0.29, 0.717) is 24.6 Å². The van der Waals surface area contributed by atoms with Crippen LogP contribution in [0, 0.1) is 0 Å². The van der Waals surface area contributed by atoms with E-state index < -0.39 is 24.2 Å². The predicted octanol–water partition coefficient (Wildman–Crippen LogP) is 2.03. The molecule has 2 aromatic heterocycles. The number of pyridine rings is 2. The molecule has 1 saturated heterocycles. The molecule has 3 atom stereocenters. The number of β-amino-alcohol motifs (C(OH)–C–C–N with tert-alkyl or cyclic N) is 2. The number of carboxylic acids is 1. The first-order valence-electron chi connectivity index (χ1n) is 13.0. The second kappa shape index (κ2) is 12.4. The number of aliphatic hydroxyl groups is 2. The molecule has 1 unspecified atom stereocenters. The summed E-state index contributed by atoms with van der Waals surface area (Å²) in [5, 5.41) is 32.9. The Morgan fingerprint density at radius 3 is 1.95 bits per heavy atom. The van der Waals surface area contributed by atoms with Crippen LogP contribution in [-0.2, 0) is 4.79 Å². The molecule has 1 aliphatic heterocycles. The van der Waals surface area contributed by atoms with Gasteiger partial charge in [-0.25, -0.2) is 0 Å². The molecular weight excluding hydrogens is 500 g/mol. The first-order valence-corrected chi connectivity index (χ1v) is 13.0. The largest absolute Gasteiger partial charge is 0.490 e. The number of piperazine rings is 1. The van der Waals surface area contributed by atoms with Gasteiger partial charge in [-0.05, 0) is 48.5 Å². The van der Waals surface area contributed by atoms with Crippen molar-refractivity contribution in [1.82, 2.24) is 19.8 Å². The van der Waals surface area contributed by atoms with E-state index in [1.807, 2.05) is 65.6 Å². The number of fused-ring (bicyclic) bond motifs is 2. The first kappa shape index (κ1) is 26.8. The van der Waals surface area contributed by atoms with Gasteiger partial charge in [0.15, 0.2) is 0 Å². The fourth-order valence-electron chi connectivity index (χ4n) is 4.94. The van der Waals surface area contributed by atoms with Crippen LogP contribution in [0.4, 0.5) is 0 Å². The van der Waals surface area contributed by atoms with E-state index in [4.69, 9.17) is 9.47 Å². The number of aliphatic carboxylic acids is 1. The molecule has 5 rings (SSSR count). The van der Waals surface area contributed by atoms with Crippen LogP contribution in [0.3, 0.4) is 0 Å². The maximum absolute atomic E-state index is 12.1. The molecule has 1 fully saturated rings. The van der Waals surface area contributed by atoms with Crippen LogP contribution in [-0.4, -0.2) is 105 Å². The summed E-state index contributed by atoms with van der Waals surface area (Å²) in [4.78, 5) is 24.4. The highest BCUT2D eigenvalue weighted by molar-refractivity contribution is 5.85. The second-order valence-electron chi connectivity index (χ2n) is 9.69. The third-order valence-corrected chi connectivity index (χ3v) is 6.85. The van der Waals surface area contributed by atoms with E-state index in [-0.39, 0.29) is 32.8 Å². The molecule has 0 aliphatic carbocycles. The van der Waals surface area contributed by atoms with Crippen LogP contribution >= 0.6 is 0 Å². The van der Waals surface area contributed by atoms with Gasteiger partial charge in [-0.3, -0.25) is 24.6 Å². The van der Waals surface area contributed by atoms with Crippen molar-refractivity contribution in [2.24, 2.45) is 0 Å². The van der Waals surface area contributed by atoms with Gasteiger partial charge in [0.05, 0.1) is 11.0 Å². The van der Waals surface area contributed by atoms with Crippen molar-refractivity contribution in [3.8, 4) is 11.5 Å². The highest BCUT2D eigenvalue weighted by Crippen LogP contribution is 2.25. The summed E-state index contributed by atoms with van der Waals surface area (Å²) >= 11 is 0. The number of benzene rings is 2. The molecule has 0 bridgehead atoms. The number of hydrogen-bond donors (Lipinski definition) is 3. The number of hydrogen-bond acceptors (Lipinski definition) is 9. The third-order valence-electron chi connectivity index (χ3n) is 6.85. The van der Waals surface area contributed by atoms with Gasteiger partial charge in [0, 0.05) is 55.9 Å². The lowest BCUT2D eigenvalue weighted by Crippen LogP contribution is -2.59. The molecule has 3 N–H and O–H groups in total. The molecule has 39 heavy (non-hydrogen) atoms. The fraction of sp³-hybridized carbons (Fsp3) is 0.345. The van der Waals surface area contributed by atoms with E-state index >= 15 is 0 Å². The van der Waals surface area contributed by atoms with Gasteiger partial charge in [0.25, 0.3) is 0 Å². The van der Waals surface area contributed by atoms with Crippen molar-refractivity contribution >= 4 is 27.8 Å². The molecule has 0 saturated carbocycles. The molecule has 10 nitrogen and oxygen atoms in total. The number of aromatic nitrogens is 2. The molecule has 1 aliphatic rings. The van der Waals surface area contributed by atoms with Crippen molar-refractivity contribution in [2.75, 3.05) is 45.9 Å². The predicted molar refractivity (Wildman–Crippen MR) is 146 cm³/mol. The fourth-order valence-corrected chi connectivity index (χ4v) is 4.94. The van der Waals surface area contributed by atoms with Gasteiger partial charge < -0.3 is 24.8 Å². The summed E-state index contributed by atoms with van der Waals surface area (Å²) in [6, 6.07) is 17.8. The van der Waals surface area contributed by atoms with Crippen molar-refractivity contribution in [1.29, 1.82) is 0 Å². The van der Waals surface area contributed by atoms with Crippen molar-refractivity contribution < 1.29 is 29.6 Å². The average molecular weight is 533 g/mol. The molecule has 10 heteroatoms. The van der Waals surface area contributed by atoms with Gasteiger partial charge in [0.2, 0.25) is 0 Å². The Morgan fingerprint density at radius 2 is 1.38 bits per heavy atom. The van der Waals surface area contributed by atoms with Gasteiger partial charge in [-0.1, -0.05) is 12.1 Å². The Hall–Kier alpha value is -3.83. The number of ether oxygens (including phenoxy) is 2. The minimum atomic E-state index is -0.970. The Balaban J connectivity index is 1.12. The monoisotopic (exact) mass is 532 g/mol. The van der Waals surface area contributed by atoms with Crippen LogP contribution in [0.5, 0.6) is 11.5 Å². The Kier molecular flexibility index (Phi) is 8.48. The molecule has 0 spiro atoms. The zero-order valence-corrected chi connectivity index (χ0v) is 21.5. The molecule has 4 aromatic rings. The minimum absolute atomic E-state index is 0.0281.